The number of piperidine rings is 3. The monoisotopic (exact) mass is 369 g/mol. The summed E-state index contributed by atoms with van der Waals surface area (Å²) in [6.45, 7) is 5.79. The Morgan fingerprint density at radius 3 is 2.67 bits per heavy atom. The van der Waals surface area contributed by atoms with E-state index in [0.717, 1.165) is 25.9 Å². The molecule has 0 radical (unpaired) electrons. The number of nitrogens with zero attached hydrogens (tertiary/aromatic N) is 2. The molecule has 0 saturated carbocycles. The van der Waals surface area contributed by atoms with Crippen LogP contribution in [0.2, 0.25) is 0 Å². The van der Waals surface area contributed by atoms with Crippen molar-refractivity contribution >= 4 is 11.7 Å². The molecule has 0 aliphatic carbocycles. The van der Waals surface area contributed by atoms with Crippen LogP contribution in [0, 0.1) is 5.92 Å². The number of hydrogen-bond donors (Lipinski definition) is 1. The number of Topliss-reactive ketones (excluding diaryl/α,β-unsaturated/α-hetero) is 1. The smallest absolute Gasteiger partial charge is 0.260 e. The summed E-state index contributed by atoms with van der Waals surface area (Å²) in [7, 11) is 0. The highest BCUT2D eigenvalue weighted by atomic mass is 16.5. The van der Waals surface area contributed by atoms with Crippen LogP contribution in [0.3, 0.4) is 0 Å². The number of nitrogens with one attached hydrogen (secondary N) is 1. The molecule has 1 aromatic heterocycles. The number of fused-ring (bicyclic) bond motifs is 3. The summed E-state index contributed by atoms with van der Waals surface area (Å²) < 4.78 is 10.6. The highest BCUT2D eigenvalue weighted by Crippen LogP contribution is 2.33. The standard InChI is InChI=1S/C20H23N3O4/c1-12-19(14-7-9-23(12)10-8-14)21-20(25)15-5-3-4-6-16(15)26-18-11-17(13(2)24)27-22-18/h3-6,11-12,14,19H,7-10H2,1-2H3,(H,21,25)/t12-,19-/m0/s1. The zero-order valence-electron chi connectivity index (χ0n) is 15.5. The molecule has 4 heterocycles. The van der Waals surface area contributed by atoms with Crippen molar-refractivity contribution in [3.63, 3.8) is 0 Å². The number of amides is 1. The first-order valence-corrected chi connectivity index (χ1v) is 9.32. The second-order valence-corrected chi connectivity index (χ2v) is 7.30. The van der Waals surface area contributed by atoms with E-state index in [1.165, 1.54) is 13.0 Å². The second-order valence-electron chi connectivity index (χ2n) is 7.30. The molecule has 0 spiro atoms. The van der Waals surface area contributed by atoms with E-state index in [1.807, 2.05) is 0 Å². The number of hydrogen-bond acceptors (Lipinski definition) is 6. The van der Waals surface area contributed by atoms with Crippen molar-refractivity contribution in [2.75, 3.05) is 13.1 Å². The van der Waals surface area contributed by atoms with Crippen molar-refractivity contribution < 1.29 is 18.8 Å². The quantitative estimate of drug-likeness (QED) is 0.816. The van der Waals surface area contributed by atoms with Gasteiger partial charge in [-0.05, 0) is 56.1 Å². The molecule has 7 nitrogen and oxygen atoms in total. The summed E-state index contributed by atoms with van der Waals surface area (Å²) in [5.74, 6) is 0.777. The molecule has 3 saturated heterocycles. The van der Waals surface area contributed by atoms with E-state index in [9.17, 15) is 9.59 Å². The number of carbonyl (C=O) groups excluding carboxylic acids is 2. The molecule has 27 heavy (non-hydrogen) atoms. The Bertz CT molecular complexity index is 852. The number of benzene rings is 1. The minimum absolute atomic E-state index is 0.119. The zero-order valence-corrected chi connectivity index (χ0v) is 15.5. The minimum atomic E-state index is -0.236. The lowest BCUT2D eigenvalue weighted by Gasteiger charge is -2.49. The number of carbonyl (C=O) groups is 2. The van der Waals surface area contributed by atoms with E-state index < -0.39 is 0 Å². The van der Waals surface area contributed by atoms with Crippen molar-refractivity contribution in [2.45, 2.75) is 38.8 Å². The molecule has 1 amide bonds. The Kier molecular flexibility index (Phi) is 4.70. The lowest BCUT2D eigenvalue weighted by atomic mass is 9.79. The van der Waals surface area contributed by atoms with E-state index in [4.69, 9.17) is 9.26 Å². The Labute approximate surface area is 157 Å². The number of para-hydroxylation sites is 1. The maximum absolute atomic E-state index is 13.0. The Morgan fingerprint density at radius 2 is 2.00 bits per heavy atom. The van der Waals surface area contributed by atoms with Gasteiger partial charge < -0.3 is 14.6 Å². The number of ether oxygens (including phenoxy) is 1. The van der Waals surface area contributed by atoms with Crippen LogP contribution in [0.25, 0.3) is 0 Å². The van der Waals surface area contributed by atoms with Gasteiger partial charge in [0, 0.05) is 19.0 Å². The van der Waals surface area contributed by atoms with Crippen LogP contribution in [0.5, 0.6) is 11.6 Å². The summed E-state index contributed by atoms with van der Waals surface area (Å²) in [5, 5.41) is 6.94. The fourth-order valence-electron chi connectivity index (χ4n) is 4.10. The van der Waals surface area contributed by atoms with Crippen LogP contribution >= 0.6 is 0 Å². The van der Waals surface area contributed by atoms with E-state index in [1.54, 1.807) is 24.3 Å². The summed E-state index contributed by atoms with van der Waals surface area (Å²) in [5.41, 5.74) is 0.438. The molecule has 0 unspecified atom stereocenters. The van der Waals surface area contributed by atoms with Gasteiger partial charge in [-0.3, -0.25) is 14.5 Å². The van der Waals surface area contributed by atoms with Crippen molar-refractivity contribution in [2.24, 2.45) is 5.92 Å². The fourth-order valence-corrected chi connectivity index (χ4v) is 4.10. The van der Waals surface area contributed by atoms with E-state index >= 15 is 0 Å². The second kappa shape index (κ2) is 7.15. The van der Waals surface area contributed by atoms with Crippen molar-refractivity contribution in [1.29, 1.82) is 0 Å². The molecule has 2 aromatic rings. The van der Waals surface area contributed by atoms with Gasteiger partial charge in [-0.15, -0.1) is 0 Å². The number of aromatic nitrogens is 1. The van der Waals surface area contributed by atoms with Crippen LogP contribution in [-0.2, 0) is 0 Å². The predicted octanol–water partition coefficient (Wildman–Crippen LogP) is 2.88. The summed E-state index contributed by atoms with van der Waals surface area (Å²) >= 11 is 0. The molecule has 3 aliphatic heterocycles. The van der Waals surface area contributed by atoms with Crippen molar-refractivity contribution in [1.82, 2.24) is 15.4 Å². The first-order valence-electron chi connectivity index (χ1n) is 9.32. The number of rotatable bonds is 5. The van der Waals surface area contributed by atoms with Crippen LogP contribution in [-0.4, -0.2) is 46.9 Å². The third-order valence-electron chi connectivity index (χ3n) is 5.66. The van der Waals surface area contributed by atoms with E-state index in [-0.39, 0.29) is 29.4 Å². The fraction of sp³-hybridized carbons (Fsp3) is 0.450. The van der Waals surface area contributed by atoms with Gasteiger partial charge in [0.2, 0.25) is 5.76 Å². The van der Waals surface area contributed by atoms with Gasteiger partial charge in [-0.1, -0.05) is 12.1 Å². The molecule has 2 atom stereocenters. The minimum Gasteiger partial charge on any atom is -0.436 e. The third-order valence-corrected chi connectivity index (χ3v) is 5.66. The topological polar surface area (TPSA) is 84.7 Å². The predicted molar refractivity (Wildman–Crippen MR) is 98.0 cm³/mol. The zero-order chi connectivity index (χ0) is 19.0. The van der Waals surface area contributed by atoms with Crippen molar-refractivity contribution in [3.05, 3.63) is 41.7 Å². The normalized spacial score (nSPS) is 26.6. The highest BCUT2D eigenvalue weighted by Gasteiger charge is 2.40. The number of ketones is 1. The molecule has 7 heteroatoms. The maximum atomic E-state index is 13.0. The average molecular weight is 369 g/mol. The molecule has 2 bridgehead atoms. The molecule has 142 valence electrons. The van der Waals surface area contributed by atoms with Gasteiger partial charge in [-0.25, -0.2) is 0 Å². The average Bonchev–Trinajstić information content (AvgIpc) is 3.14. The van der Waals surface area contributed by atoms with Gasteiger partial charge in [0.25, 0.3) is 11.8 Å². The summed E-state index contributed by atoms with van der Waals surface area (Å²) in [6.07, 6.45) is 2.25. The first-order chi connectivity index (χ1) is 13.0. The van der Waals surface area contributed by atoms with Gasteiger partial charge in [0.1, 0.15) is 5.75 Å². The van der Waals surface area contributed by atoms with Gasteiger partial charge >= 0.3 is 0 Å². The Balaban J connectivity index is 1.51. The lowest BCUT2D eigenvalue weighted by Crippen LogP contribution is -2.62. The first kappa shape index (κ1) is 17.7. The molecule has 3 aliphatic rings. The van der Waals surface area contributed by atoms with Gasteiger partial charge in [0.15, 0.2) is 5.78 Å². The van der Waals surface area contributed by atoms with Crippen molar-refractivity contribution in [3.8, 4) is 11.6 Å². The molecule has 1 N–H and O–H groups in total. The molecule has 5 rings (SSSR count). The highest BCUT2D eigenvalue weighted by molar-refractivity contribution is 5.97. The summed E-state index contributed by atoms with van der Waals surface area (Å²) in [6, 6.07) is 8.92. The van der Waals surface area contributed by atoms with Crippen LogP contribution < -0.4 is 10.1 Å². The van der Waals surface area contributed by atoms with Crippen LogP contribution in [0.15, 0.2) is 34.9 Å². The Morgan fingerprint density at radius 1 is 1.26 bits per heavy atom. The SMILES string of the molecule is CC(=O)c1cc(Oc2ccccc2C(=O)N[C@@H]2C3CCN(CC3)[C@H]2C)no1. The molecular weight excluding hydrogens is 346 g/mol. The molecule has 1 aromatic carbocycles. The van der Waals surface area contributed by atoms with E-state index in [2.05, 4.69) is 22.3 Å². The largest absolute Gasteiger partial charge is 0.436 e. The van der Waals surface area contributed by atoms with Gasteiger partial charge in [0.05, 0.1) is 11.6 Å². The van der Waals surface area contributed by atoms with Crippen LogP contribution in [0.4, 0.5) is 0 Å². The maximum Gasteiger partial charge on any atom is 0.260 e. The molecule has 3 fully saturated rings. The van der Waals surface area contributed by atoms with Gasteiger partial charge in [-0.2, -0.15) is 0 Å². The molecular formula is C20H23N3O4. The van der Waals surface area contributed by atoms with E-state index in [0.29, 0.717) is 23.3 Å². The lowest BCUT2D eigenvalue weighted by molar-refractivity contribution is 0.0217. The Hall–Kier alpha value is -2.67. The summed E-state index contributed by atoms with van der Waals surface area (Å²) in [4.78, 5) is 26.7. The van der Waals surface area contributed by atoms with Crippen LogP contribution in [0.1, 0.15) is 47.6 Å². The third kappa shape index (κ3) is 3.47.